The van der Waals surface area contributed by atoms with Crippen LogP contribution in [0.5, 0.6) is 0 Å². The Morgan fingerprint density at radius 3 is 1.85 bits per heavy atom. The molecule has 2 atom stereocenters. The Labute approximate surface area is 80.8 Å². The molecule has 13 heavy (non-hydrogen) atoms. The number of hydrogen-bond donors (Lipinski definition) is 1. The second kappa shape index (κ2) is 11.8. The van der Waals surface area contributed by atoms with Gasteiger partial charge in [0.15, 0.2) is 0 Å². The van der Waals surface area contributed by atoms with Crippen molar-refractivity contribution in [2.45, 2.75) is 26.1 Å². The van der Waals surface area contributed by atoms with Crippen LogP contribution >= 0.6 is 0 Å². The standard InChI is InChI=1S/C7H16O3.C2H6O/c1-6(4-8)10-5-7(2)9-3;1-3-2/h6-8H,4-5H2,1-3H3;1-2H3. The zero-order valence-corrected chi connectivity index (χ0v) is 9.24. The second-order valence-electron chi connectivity index (χ2n) is 2.78. The van der Waals surface area contributed by atoms with Gasteiger partial charge in [-0.15, -0.1) is 0 Å². The molecule has 0 aromatic carbocycles. The molecule has 0 saturated carbocycles. The van der Waals surface area contributed by atoms with Crippen LogP contribution in [0.2, 0.25) is 0 Å². The molecule has 4 heteroatoms. The lowest BCUT2D eigenvalue weighted by Gasteiger charge is -2.13. The molecular formula is C9H22O4. The van der Waals surface area contributed by atoms with Crippen molar-refractivity contribution in [1.29, 1.82) is 0 Å². The Bertz CT molecular complexity index is 77.7. The predicted octanol–water partition coefficient (Wildman–Crippen LogP) is 0.681. The highest BCUT2D eigenvalue weighted by Gasteiger charge is 2.03. The minimum Gasteiger partial charge on any atom is -0.394 e. The van der Waals surface area contributed by atoms with E-state index in [1.54, 1.807) is 21.3 Å². The van der Waals surface area contributed by atoms with Gasteiger partial charge in [-0.2, -0.15) is 0 Å². The number of hydrogen-bond acceptors (Lipinski definition) is 4. The third-order valence-corrected chi connectivity index (χ3v) is 1.27. The van der Waals surface area contributed by atoms with E-state index in [1.165, 1.54) is 0 Å². The summed E-state index contributed by atoms with van der Waals surface area (Å²) in [5.41, 5.74) is 0. The van der Waals surface area contributed by atoms with Crippen LogP contribution in [0.4, 0.5) is 0 Å². The van der Waals surface area contributed by atoms with Gasteiger partial charge >= 0.3 is 0 Å². The zero-order valence-electron chi connectivity index (χ0n) is 9.24. The van der Waals surface area contributed by atoms with Gasteiger partial charge in [0.05, 0.1) is 25.4 Å². The van der Waals surface area contributed by atoms with Crippen LogP contribution in [-0.4, -0.2) is 51.9 Å². The molecule has 0 amide bonds. The van der Waals surface area contributed by atoms with Crippen molar-refractivity contribution in [3.63, 3.8) is 0 Å². The van der Waals surface area contributed by atoms with Gasteiger partial charge in [-0.25, -0.2) is 0 Å². The van der Waals surface area contributed by atoms with E-state index in [2.05, 4.69) is 4.74 Å². The molecule has 0 heterocycles. The maximum atomic E-state index is 8.55. The monoisotopic (exact) mass is 194 g/mol. The van der Waals surface area contributed by atoms with Crippen LogP contribution in [0.15, 0.2) is 0 Å². The van der Waals surface area contributed by atoms with Crippen molar-refractivity contribution in [2.75, 3.05) is 34.5 Å². The fraction of sp³-hybridized carbons (Fsp3) is 1.00. The van der Waals surface area contributed by atoms with E-state index in [4.69, 9.17) is 14.6 Å². The minimum atomic E-state index is -0.0856. The smallest absolute Gasteiger partial charge is 0.0779 e. The Morgan fingerprint density at radius 1 is 1.08 bits per heavy atom. The van der Waals surface area contributed by atoms with Crippen LogP contribution in [0.1, 0.15) is 13.8 Å². The SMILES string of the molecule is COC.COC(C)COC(C)CO. The number of methoxy groups -OCH3 is 2. The topological polar surface area (TPSA) is 47.9 Å². The van der Waals surface area contributed by atoms with E-state index in [0.29, 0.717) is 6.61 Å². The molecule has 0 spiro atoms. The van der Waals surface area contributed by atoms with Crippen molar-refractivity contribution in [2.24, 2.45) is 0 Å². The summed E-state index contributed by atoms with van der Waals surface area (Å²) < 4.78 is 14.4. The van der Waals surface area contributed by atoms with Gasteiger partial charge in [-0.3, -0.25) is 0 Å². The lowest BCUT2D eigenvalue weighted by Crippen LogP contribution is -2.21. The van der Waals surface area contributed by atoms with Crippen LogP contribution in [-0.2, 0) is 14.2 Å². The maximum absolute atomic E-state index is 8.55. The molecule has 1 N–H and O–H groups in total. The third-order valence-electron chi connectivity index (χ3n) is 1.27. The highest BCUT2D eigenvalue weighted by Crippen LogP contribution is 1.93. The fourth-order valence-corrected chi connectivity index (χ4v) is 0.421. The van der Waals surface area contributed by atoms with Crippen LogP contribution in [0, 0.1) is 0 Å². The summed E-state index contributed by atoms with van der Waals surface area (Å²) >= 11 is 0. The van der Waals surface area contributed by atoms with Crippen molar-refractivity contribution in [3.05, 3.63) is 0 Å². The average molecular weight is 194 g/mol. The maximum Gasteiger partial charge on any atom is 0.0779 e. The van der Waals surface area contributed by atoms with Crippen LogP contribution < -0.4 is 0 Å². The van der Waals surface area contributed by atoms with E-state index < -0.39 is 0 Å². The Balaban J connectivity index is 0. The molecular weight excluding hydrogens is 172 g/mol. The molecule has 0 aliphatic carbocycles. The van der Waals surface area contributed by atoms with E-state index in [1.807, 2.05) is 13.8 Å². The summed E-state index contributed by atoms with van der Waals surface area (Å²) in [5.74, 6) is 0. The first kappa shape index (κ1) is 15.3. The molecule has 0 aliphatic rings. The van der Waals surface area contributed by atoms with E-state index in [0.717, 1.165) is 0 Å². The quantitative estimate of drug-likeness (QED) is 0.699. The molecule has 4 nitrogen and oxygen atoms in total. The lowest BCUT2D eigenvalue weighted by atomic mass is 10.4. The van der Waals surface area contributed by atoms with Crippen molar-refractivity contribution in [3.8, 4) is 0 Å². The highest BCUT2D eigenvalue weighted by atomic mass is 16.5. The number of aliphatic hydroxyl groups is 1. The van der Waals surface area contributed by atoms with Gasteiger partial charge in [0.25, 0.3) is 0 Å². The first-order chi connectivity index (χ1) is 6.12. The largest absolute Gasteiger partial charge is 0.394 e. The Kier molecular flexibility index (Phi) is 14.0. The normalized spacial score (nSPS) is 14.3. The summed E-state index contributed by atoms with van der Waals surface area (Å²) in [6.45, 7) is 4.35. The van der Waals surface area contributed by atoms with Gasteiger partial charge in [0.2, 0.25) is 0 Å². The van der Waals surface area contributed by atoms with Crippen molar-refractivity contribution < 1.29 is 19.3 Å². The first-order valence-corrected chi connectivity index (χ1v) is 4.27. The Hall–Kier alpha value is -0.160. The van der Waals surface area contributed by atoms with Gasteiger partial charge in [-0.05, 0) is 13.8 Å². The first-order valence-electron chi connectivity index (χ1n) is 4.27. The number of ether oxygens (including phenoxy) is 3. The summed E-state index contributed by atoms with van der Waals surface area (Å²) in [5, 5.41) is 8.55. The number of aliphatic hydroxyl groups excluding tert-OH is 1. The molecule has 0 fully saturated rings. The summed E-state index contributed by atoms with van der Waals surface area (Å²) in [4.78, 5) is 0. The zero-order chi connectivity index (χ0) is 10.7. The highest BCUT2D eigenvalue weighted by molar-refractivity contribution is 4.49. The molecule has 2 unspecified atom stereocenters. The number of rotatable bonds is 5. The molecule has 0 aromatic rings. The molecule has 0 bridgehead atoms. The van der Waals surface area contributed by atoms with Gasteiger partial charge in [-0.1, -0.05) is 0 Å². The van der Waals surface area contributed by atoms with Crippen molar-refractivity contribution >= 4 is 0 Å². The second-order valence-corrected chi connectivity index (χ2v) is 2.78. The Morgan fingerprint density at radius 2 is 1.54 bits per heavy atom. The molecule has 0 saturated heterocycles. The van der Waals surface area contributed by atoms with E-state index >= 15 is 0 Å². The molecule has 0 aliphatic heterocycles. The lowest BCUT2D eigenvalue weighted by molar-refractivity contribution is -0.0313. The van der Waals surface area contributed by atoms with Gasteiger partial charge < -0.3 is 19.3 Å². The van der Waals surface area contributed by atoms with Gasteiger partial charge in [0, 0.05) is 21.3 Å². The fourth-order valence-electron chi connectivity index (χ4n) is 0.421. The summed E-state index contributed by atoms with van der Waals surface area (Å²) in [6, 6.07) is 0. The van der Waals surface area contributed by atoms with Crippen LogP contribution in [0.25, 0.3) is 0 Å². The summed E-state index contributed by atoms with van der Waals surface area (Å²) in [7, 11) is 4.89. The van der Waals surface area contributed by atoms with E-state index in [9.17, 15) is 0 Å². The van der Waals surface area contributed by atoms with Crippen molar-refractivity contribution in [1.82, 2.24) is 0 Å². The predicted molar refractivity (Wildman–Crippen MR) is 51.9 cm³/mol. The van der Waals surface area contributed by atoms with Crippen LogP contribution in [0.3, 0.4) is 0 Å². The molecule has 0 radical (unpaired) electrons. The molecule has 0 rings (SSSR count). The third kappa shape index (κ3) is 14.7. The summed E-state index contributed by atoms with van der Waals surface area (Å²) in [6.07, 6.45) is 0.0200. The minimum absolute atomic E-state index is 0.0659. The molecule has 0 aromatic heterocycles. The molecule has 82 valence electrons. The van der Waals surface area contributed by atoms with E-state index in [-0.39, 0.29) is 18.8 Å². The van der Waals surface area contributed by atoms with Gasteiger partial charge in [0.1, 0.15) is 0 Å². The average Bonchev–Trinajstić information content (AvgIpc) is 2.14.